The van der Waals surface area contributed by atoms with Crippen molar-refractivity contribution in [2.75, 3.05) is 14.2 Å². The Bertz CT molecular complexity index is 810. The molecule has 0 atom stereocenters. The Morgan fingerprint density at radius 3 is 2.31 bits per heavy atom. The molecule has 0 saturated heterocycles. The summed E-state index contributed by atoms with van der Waals surface area (Å²) in [6.45, 7) is 0. The molecular formula is C17H15F3N2O4. The summed E-state index contributed by atoms with van der Waals surface area (Å²) < 4.78 is 48.0. The van der Waals surface area contributed by atoms with Crippen LogP contribution in [-0.4, -0.2) is 31.4 Å². The second-order valence-corrected chi connectivity index (χ2v) is 5.05. The van der Waals surface area contributed by atoms with E-state index >= 15 is 0 Å². The Morgan fingerprint density at radius 2 is 1.77 bits per heavy atom. The molecule has 0 bridgehead atoms. The van der Waals surface area contributed by atoms with Gasteiger partial charge in [0.15, 0.2) is 11.5 Å². The average Bonchev–Trinajstić information content (AvgIpc) is 2.62. The molecule has 0 aliphatic carbocycles. The van der Waals surface area contributed by atoms with E-state index in [0.717, 1.165) is 18.2 Å². The number of benzene rings is 2. The summed E-state index contributed by atoms with van der Waals surface area (Å²) in [7, 11) is 2.70. The maximum Gasteiger partial charge on any atom is 0.416 e. The number of nitrogens with zero attached hydrogens (tertiary/aromatic N) is 1. The minimum Gasteiger partial charge on any atom is -0.502 e. The number of carbonyl (C=O) groups is 1. The zero-order valence-corrected chi connectivity index (χ0v) is 13.8. The Balaban J connectivity index is 2.15. The number of amides is 1. The Hall–Kier alpha value is -3.23. The van der Waals surface area contributed by atoms with Crippen molar-refractivity contribution in [2.45, 2.75) is 6.18 Å². The Morgan fingerprint density at radius 1 is 1.15 bits per heavy atom. The van der Waals surface area contributed by atoms with Crippen molar-refractivity contribution < 1.29 is 32.5 Å². The number of phenolic OH excluding ortho intramolecular Hbond substituents is 1. The molecule has 6 nitrogen and oxygen atoms in total. The van der Waals surface area contributed by atoms with Crippen molar-refractivity contribution in [3.63, 3.8) is 0 Å². The number of hydrazone groups is 1. The van der Waals surface area contributed by atoms with E-state index in [4.69, 9.17) is 9.47 Å². The second-order valence-electron chi connectivity index (χ2n) is 5.05. The number of carbonyl (C=O) groups excluding carboxylic acids is 1. The Kier molecular flexibility index (Phi) is 5.71. The van der Waals surface area contributed by atoms with Gasteiger partial charge < -0.3 is 14.6 Å². The summed E-state index contributed by atoms with van der Waals surface area (Å²) >= 11 is 0. The van der Waals surface area contributed by atoms with Gasteiger partial charge in [-0.1, -0.05) is 6.07 Å². The highest BCUT2D eigenvalue weighted by Crippen LogP contribution is 2.36. The van der Waals surface area contributed by atoms with Gasteiger partial charge in [0.1, 0.15) is 0 Å². The number of aromatic hydroxyl groups is 1. The zero-order valence-electron chi connectivity index (χ0n) is 13.8. The highest BCUT2D eigenvalue weighted by Gasteiger charge is 2.30. The number of halogens is 3. The van der Waals surface area contributed by atoms with Crippen LogP contribution >= 0.6 is 0 Å². The molecule has 2 N–H and O–H groups in total. The normalized spacial score (nSPS) is 11.4. The average molecular weight is 368 g/mol. The fourth-order valence-electron chi connectivity index (χ4n) is 2.06. The first kappa shape index (κ1) is 19.1. The molecule has 9 heteroatoms. The van der Waals surface area contributed by atoms with E-state index in [1.54, 1.807) is 0 Å². The molecule has 0 aliphatic heterocycles. The number of ether oxygens (including phenoxy) is 2. The van der Waals surface area contributed by atoms with Crippen LogP contribution in [0.4, 0.5) is 13.2 Å². The summed E-state index contributed by atoms with van der Waals surface area (Å²) in [5.74, 6) is -0.727. The zero-order chi connectivity index (χ0) is 19.3. The lowest BCUT2D eigenvalue weighted by molar-refractivity contribution is -0.137. The second kappa shape index (κ2) is 7.77. The number of hydrogen-bond acceptors (Lipinski definition) is 5. The van der Waals surface area contributed by atoms with Crippen molar-refractivity contribution in [1.29, 1.82) is 0 Å². The van der Waals surface area contributed by atoms with Gasteiger partial charge in [-0.25, -0.2) is 5.43 Å². The lowest BCUT2D eigenvalue weighted by Gasteiger charge is -2.09. The van der Waals surface area contributed by atoms with E-state index in [9.17, 15) is 23.1 Å². The summed E-state index contributed by atoms with van der Waals surface area (Å²) in [4.78, 5) is 11.9. The molecule has 0 saturated carbocycles. The van der Waals surface area contributed by atoms with Gasteiger partial charge in [-0.15, -0.1) is 0 Å². The molecule has 0 unspecified atom stereocenters. The lowest BCUT2D eigenvalue weighted by Crippen LogP contribution is -2.18. The molecule has 0 aliphatic rings. The molecule has 0 heterocycles. The standard InChI is InChI=1S/C17H15F3N2O4/c1-25-13-6-10(7-14(26-2)15(13)23)9-21-22-16(24)11-4-3-5-12(8-11)17(18,19)20/h3-9,23H,1-2H3,(H,22,24)/b21-9-. The van der Waals surface area contributed by atoms with Crippen LogP contribution in [0, 0.1) is 0 Å². The van der Waals surface area contributed by atoms with Crippen LogP contribution in [0.15, 0.2) is 41.5 Å². The third-order valence-electron chi connectivity index (χ3n) is 3.33. The fraction of sp³-hybridized carbons (Fsp3) is 0.176. The molecule has 26 heavy (non-hydrogen) atoms. The largest absolute Gasteiger partial charge is 0.502 e. The van der Waals surface area contributed by atoms with Crippen LogP contribution in [0.3, 0.4) is 0 Å². The quantitative estimate of drug-likeness (QED) is 0.627. The van der Waals surface area contributed by atoms with E-state index in [-0.39, 0.29) is 22.8 Å². The van der Waals surface area contributed by atoms with Crippen molar-refractivity contribution in [3.8, 4) is 17.2 Å². The lowest BCUT2D eigenvalue weighted by atomic mass is 10.1. The van der Waals surface area contributed by atoms with Gasteiger partial charge in [0.25, 0.3) is 5.91 Å². The fourth-order valence-corrected chi connectivity index (χ4v) is 2.06. The number of phenols is 1. The first-order valence-electron chi connectivity index (χ1n) is 7.22. The third-order valence-corrected chi connectivity index (χ3v) is 3.33. The van der Waals surface area contributed by atoms with Crippen LogP contribution in [0.25, 0.3) is 0 Å². The first-order chi connectivity index (χ1) is 12.3. The van der Waals surface area contributed by atoms with E-state index in [2.05, 4.69) is 10.5 Å². The van der Waals surface area contributed by atoms with Crippen LogP contribution in [0.5, 0.6) is 17.2 Å². The SMILES string of the molecule is COc1cc(/C=N\NC(=O)c2cccc(C(F)(F)F)c2)cc(OC)c1O. The smallest absolute Gasteiger partial charge is 0.416 e. The third kappa shape index (κ3) is 4.44. The van der Waals surface area contributed by atoms with Gasteiger partial charge in [0.05, 0.1) is 26.0 Å². The Labute approximate surface area is 146 Å². The highest BCUT2D eigenvalue weighted by atomic mass is 19.4. The number of rotatable bonds is 5. The molecule has 0 radical (unpaired) electrons. The van der Waals surface area contributed by atoms with E-state index < -0.39 is 17.6 Å². The highest BCUT2D eigenvalue weighted by molar-refractivity contribution is 5.95. The predicted octanol–water partition coefficient (Wildman–Crippen LogP) is 3.19. The maximum absolute atomic E-state index is 12.7. The topological polar surface area (TPSA) is 80.2 Å². The first-order valence-corrected chi connectivity index (χ1v) is 7.22. The minimum atomic E-state index is -4.54. The molecule has 0 fully saturated rings. The van der Waals surface area contributed by atoms with Crippen molar-refractivity contribution >= 4 is 12.1 Å². The molecule has 138 valence electrons. The van der Waals surface area contributed by atoms with Crippen molar-refractivity contribution in [2.24, 2.45) is 5.10 Å². The number of methoxy groups -OCH3 is 2. The molecule has 2 rings (SSSR count). The van der Waals surface area contributed by atoms with Gasteiger partial charge in [0.2, 0.25) is 5.75 Å². The van der Waals surface area contributed by atoms with Crippen LogP contribution < -0.4 is 14.9 Å². The number of nitrogens with one attached hydrogen (secondary N) is 1. The molecule has 1 amide bonds. The van der Waals surface area contributed by atoms with Gasteiger partial charge >= 0.3 is 6.18 Å². The summed E-state index contributed by atoms with van der Waals surface area (Å²) in [5.41, 5.74) is 1.45. The minimum absolute atomic E-state index is 0.134. The van der Waals surface area contributed by atoms with Gasteiger partial charge in [-0.2, -0.15) is 18.3 Å². The predicted molar refractivity (Wildman–Crippen MR) is 87.7 cm³/mol. The molecular weight excluding hydrogens is 353 g/mol. The van der Waals surface area contributed by atoms with Crippen molar-refractivity contribution in [3.05, 3.63) is 53.1 Å². The van der Waals surface area contributed by atoms with E-state index in [0.29, 0.717) is 5.56 Å². The van der Waals surface area contributed by atoms with Crippen LogP contribution in [-0.2, 0) is 6.18 Å². The van der Waals surface area contributed by atoms with Crippen LogP contribution in [0.1, 0.15) is 21.5 Å². The molecule has 2 aromatic rings. The number of hydrogen-bond donors (Lipinski definition) is 2. The molecule has 2 aromatic carbocycles. The van der Waals surface area contributed by atoms with E-state index in [1.807, 2.05) is 0 Å². The molecule has 0 aromatic heterocycles. The molecule has 0 spiro atoms. The van der Waals surface area contributed by atoms with Gasteiger partial charge in [-0.05, 0) is 30.3 Å². The monoisotopic (exact) mass is 368 g/mol. The van der Waals surface area contributed by atoms with Gasteiger partial charge in [0, 0.05) is 11.1 Å². The summed E-state index contributed by atoms with van der Waals surface area (Å²) in [6.07, 6.45) is -3.31. The van der Waals surface area contributed by atoms with Crippen LogP contribution in [0.2, 0.25) is 0 Å². The van der Waals surface area contributed by atoms with Gasteiger partial charge in [-0.3, -0.25) is 4.79 Å². The van der Waals surface area contributed by atoms with Crippen molar-refractivity contribution in [1.82, 2.24) is 5.43 Å². The summed E-state index contributed by atoms with van der Waals surface area (Å²) in [5, 5.41) is 13.5. The number of alkyl halides is 3. The summed E-state index contributed by atoms with van der Waals surface area (Å²) in [6, 6.07) is 6.87. The van der Waals surface area contributed by atoms with E-state index in [1.165, 1.54) is 38.6 Å². The maximum atomic E-state index is 12.7.